The summed E-state index contributed by atoms with van der Waals surface area (Å²) >= 11 is 6.06. The van der Waals surface area contributed by atoms with Crippen LogP contribution < -0.4 is 5.32 Å². The number of hydrogen-bond donors (Lipinski definition) is 1. The van der Waals surface area contributed by atoms with Crippen LogP contribution in [0.25, 0.3) is 11.0 Å². The number of benzene rings is 1. The highest BCUT2D eigenvalue weighted by atomic mass is 35.5. The zero-order valence-corrected chi connectivity index (χ0v) is 13.3. The molecule has 1 fully saturated rings. The lowest BCUT2D eigenvalue weighted by Crippen LogP contribution is -2.35. The van der Waals surface area contributed by atoms with Crippen molar-refractivity contribution in [2.75, 3.05) is 13.7 Å². The van der Waals surface area contributed by atoms with Crippen LogP contribution >= 0.6 is 11.6 Å². The average molecular weight is 308 g/mol. The van der Waals surface area contributed by atoms with Crippen molar-refractivity contribution in [1.82, 2.24) is 5.32 Å². The molecule has 114 valence electrons. The number of ether oxygens (including phenoxy) is 1. The van der Waals surface area contributed by atoms with E-state index in [-0.39, 0.29) is 12.1 Å². The van der Waals surface area contributed by atoms with Crippen LogP contribution in [-0.2, 0) is 4.74 Å². The Morgan fingerprint density at radius 2 is 2.19 bits per heavy atom. The summed E-state index contributed by atoms with van der Waals surface area (Å²) in [4.78, 5) is 0. The molecular weight excluding hydrogens is 286 g/mol. The number of halogens is 1. The summed E-state index contributed by atoms with van der Waals surface area (Å²) in [7, 11) is 1.79. The molecule has 1 saturated carbocycles. The Kier molecular flexibility index (Phi) is 4.53. The van der Waals surface area contributed by atoms with E-state index in [0.29, 0.717) is 5.92 Å². The molecule has 4 heteroatoms. The van der Waals surface area contributed by atoms with Crippen molar-refractivity contribution >= 4 is 22.6 Å². The fourth-order valence-corrected chi connectivity index (χ4v) is 3.07. The van der Waals surface area contributed by atoms with Gasteiger partial charge in [-0.25, -0.2) is 0 Å². The van der Waals surface area contributed by atoms with Crippen molar-refractivity contribution < 1.29 is 9.15 Å². The van der Waals surface area contributed by atoms with Crippen LogP contribution in [0.5, 0.6) is 0 Å². The third kappa shape index (κ3) is 3.25. The van der Waals surface area contributed by atoms with Gasteiger partial charge < -0.3 is 14.5 Å². The van der Waals surface area contributed by atoms with E-state index in [9.17, 15) is 0 Å². The Morgan fingerprint density at radius 3 is 2.86 bits per heavy atom. The monoisotopic (exact) mass is 307 g/mol. The third-order valence-corrected chi connectivity index (χ3v) is 4.34. The van der Waals surface area contributed by atoms with Crippen LogP contribution in [0.4, 0.5) is 0 Å². The Balaban J connectivity index is 1.92. The lowest BCUT2D eigenvalue weighted by atomic mass is 10.0. The largest absolute Gasteiger partial charge is 0.459 e. The number of fused-ring (bicyclic) bond motifs is 1. The maximum absolute atomic E-state index is 6.06. The second kappa shape index (κ2) is 6.39. The number of furan rings is 1. The molecule has 2 aromatic rings. The standard InChI is InChI=1S/C17H22ClNO2/c1-3-8-19-16(17(20-2)11-4-5-11)15-10-12-9-13(18)6-7-14(12)21-15/h6-7,9-11,16-17,19H,3-5,8H2,1-2H3. The summed E-state index contributed by atoms with van der Waals surface area (Å²) in [6, 6.07) is 7.92. The zero-order valence-electron chi connectivity index (χ0n) is 12.6. The first-order valence-electron chi connectivity index (χ1n) is 7.68. The fraction of sp³-hybridized carbons (Fsp3) is 0.529. The molecule has 0 saturated heterocycles. The van der Waals surface area contributed by atoms with E-state index >= 15 is 0 Å². The van der Waals surface area contributed by atoms with Crippen LogP contribution in [0.1, 0.15) is 38.0 Å². The van der Waals surface area contributed by atoms with E-state index in [1.165, 1.54) is 12.8 Å². The second-order valence-electron chi connectivity index (χ2n) is 5.80. The average Bonchev–Trinajstić information content (AvgIpc) is 3.22. The van der Waals surface area contributed by atoms with Crippen LogP contribution in [-0.4, -0.2) is 19.8 Å². The minimum absolute atomic E-state index is 0.105. The van der Waals surface area contributed by atoms with Crippen LogP contribution in [0.2, 0.25) is 5.02 Å². The number of nitrogens with one attached hydrogen (secondary N) is 1. The molecule has 0 aliphatic heterocycles. The van der Waals surface area contributed by atoms with Gasteiger partial charge in [0.15, 0.2) is 0 Å². The summed E-state index contributed by atoms with van der Waals surface area (Å²) in [6.07, 6.45) is 3.75. The van der Waals surface area contributed by atoms with Crippen molar-refractivity contribution in [3.05, 3.63) is 35.0 Å². The van der Waals surface area contributed by atoms with E-state index in [2.05, 4.69) is 18.3 Å². The highest BCUT2D eigenvalue weighted by molar-refractivity contribution is 6.31. The predicted octanol–water partition coefficient (Wildman–Crippen LogP) is 4.55. The lowest BCUT2D eigenvalue weighted by molar-refractivity contribution is 0.0445. The molecule has 21 heavy (non-hydrogen) atoms. The summed E-state index contributed by atoms with van der Waals surface area (Å²) < 4.78 is 11.8. The van der Waals surface area contributed by atoms with Gasteiger partial charge in [0.1, 0.15) is 11.3 Å². The van der Waals surface area contributed by atoms with E-state index in [4.69, 9.17) is 20.8 Å². The van der Waals surface area contributed by atoms with Gasteiger partial charge in [0.25, 0.3) is 0 Å². The van der Waals surface area contributed by atoms with Gasteiger partial charge in [-0.05, 0) is 56.0 Å². The van der Waals surface area contributed by atoms with Gasteiger partial charge in [-0.15, -0.1) is 0 Å². The highest BCUT2D eigenvalue weighted by Gasteiger charge is 2.38. The molecule has 1 aromatic carbocycles. The molecule has 0 radical (unpaired) electrons. The van der Waals surface area contributed by atoms with Gasteiger partial charge in [-0.3, -0.25) is 0 Å². The summed E-state index contributed by atoms with van der Waals surface area (Å²) in [5, 5.41) is 5.36. The van der Waals surface area contributed by atoms with E-state index in [0.717, 1.165) is 34.7 Å². The first-order valence-corrected chi connectivity index (χ1v) is 8.06. The second-order valence-corrected chi connectivity index (χ2v) is 6.24. The molecule has 0 amide bonds. The van der Waals surface area contributed by atoms with Crippen molar-refractivity contribution in [2.24, 2.45) is 5.92 Å². The minimum Gasteiger partial charge on any atom is -0.459 e. The maximum Gasteiger partial charge on any atom is 0.134 e. The van der Waals surface area contributed by atoms with Crippen molar-refractivity contribution in [1.29, 1.82) is 0 Å². The van der Waals surface area contributed by atoms with Crippen LogP contribution in [0.15, 0.2) is 28.7 Å². The molecule has 1 aliphatic carbocycles. The molecule has 1 N–H and O–H groups in total. The summed E-state index contributed by atoms with van der Waals surface area (Å²) in [6.45, 7) is 3.12. The van der Waals surface area contributed by atoms with Crippen LogP contribution in [0.3, 0.4) is 0 Å². The predicted molar refractivity (Wildman–Crippen MR) is 85.8 cm³/mol. The molecule has 1 heterocycles. The van der Waals surface area contributed by atoms with Crippen molar-refractivity contribution in [2.45, 2.75) is 38.3 Å². The normalized spacial score (nSPS) is 18.0. The van der Waals surface area contributed by atoms with Crippen molar-refractivity contribution in [3.63, 3.8) is 0 Å². The molecular formula is C17H22ClNO2. The molecule has 3 rings (SSSR count). The first-order chi connectivity index (χ1) is 10.2. The molecule has 2 unspecified atom stereocenters. The third-order valence-electron chi connectivity index (χ3n) is 4.11. The molecule has 3 nitrogen and oxygen atoms in total. The minimum atomic E-state index is 0.105. The van der Waals surface area contributed by atoms with E-state index < -0.39 is 0 Å². The molecule has 1 aliphatic rings. The first kappa shape index (κ1) is 14.9. The van der Waals surface area contributed by atoms with Gasteiger partial charge in [0.2, 0.25) is 0 Å². The maximum atomic E-state index is 6.06. The molecule has 0 spiro atoms. The Bertz CT molecular complexity index is 606. The van der Waals surface area contributed by atoms with Crippen molar-refractivity contribution in [3.8, 4) is 0 Å². The van der Waals surface area contributed by atoms with E-state index in [1.54, 1.807) is 7.11 Å². The van der Waals surface area contributed by atoms with Gasteiger partial charge in [0.05, 0.1) is 12.1 Å². The SMILES string of the molecule is CCCNC(c1cc2cc(Cl)ccc2o1)C(OC)C1CC1. The zero-order chi connectivity index (χ0) is 14.8. The Hall–Kier alpha value is -1.03. The van der Waals surface area contributed by atoms with Gasteiger partial charge in [-0.1, -0.05) is 18.5 Å². The number of hydrogen-bond acceptors (Lipinski definition) is 3. The smallest absolute Gasteiger partial charge is 0.134 e. The van der Waals surface area contributed by atoms with Crippen LogP contribution in [0, 0.1) is 5.92 Å². The van der Waals surface area contributed by atoms with E-state index in [1.807, 2.05) is 18.2 Å². The summed E-state index contributed by atoms with van der Waals surface area (Å²) in [5.74, 6) is 1.58. The topological polar surface area (TPSA) is 34.4 Å². The Morgan fingerprint density at radius 1 is 1.38 bits per heavy atom. The number of methoxy groups -OCH3 is 1. The highest BCUT2D eigenvalue weighted by Crippen LogP contribution is 2.40. The van der Waals surface area contributed by atoms with Gasteiger partial charge in [0, 0.05) is 17.5 Å². The van der Waals surface area contributed by atoms with Gasteiger partial charge >= 0.3 is 0 Å². The number of rotatable bonds is 7. The lowest BCUT2D eigenvalue weighted by Gasteiger charge is -2.25. The summed E-state index contributed by atoms with van der Waals surface area (Å²) in [5.41, 5.74) is 0.878. The Labute approximate surface area is 130 Å². The quantitative estimate of drug-likeness (QED) is 0.814. The van der Waals surface area contributed by atoms with Gasteiger partial charge in [-0.2, -0.15) is 0 Å². The molecule has 2 atom stereocenters. The molecule has 1 aromatic heterocycles. The molecule has 0 bridgehead atoms. The fourth-order valence-electron chi connectivity index (χ4n) is 2.89.